The van der Waals surface area contributed by atoms with Crippen molar-refractivity contribution in [1.82, 2.24) is 4.98 Å². The van der Waals surface area contributed by atoms with Crippen LogP contribution < -0.4 is 10.1 Å². The van der Waals surface area contributed by atoms with Crippen molar-refractivity contribution in [2.45, 2.75) is 5.03 Å². The lowest BCUT2D eigenvalue weighted by Gasteiger charge is -2.07. The number of pyridine rings is 1. The summed E-state index contributed by atoms with van der Waals surface area (Å²) in [5, 5.41) is 12.1. The summed E-state index contributed by atoms with van der Waals surface area (Å²) in [4.78, 5) is 26.9. The highest BCUT2D eigenvalue weighted by Gasteiger charge is 2.12. The minimum absolute atomic E-state index is 0.0727. The minimum atomic E-state index is -1.06. The summed E-state index contributed by atoms with van der Waals surface area (Å²) in [6, 6.07) is 9.94. The number of carbonyl (C=O) groups excluding carboxylic acids is 1. The number of thioether (sulfide) groups is 1. The molecule has 0 radical (unpaired) electrons. The van der Waals surface area contributed by atoms with Gasteiger partial charge in [0.2, 0.25) is 5.91 Å². The van der Waals surface area contributed by atoms with Gasteiger partial charge in [0.15, 0.2) is 0 Å². The van der Waals surface area contributed by atoms with Crippen molar-refractivity contribution in [2.24, 2.45) is 0 Å². The monoisotopic (exact) mass is 318 g/mol. The van der Waals surface area contributed by atoms with Crippen LogP contribution in [-0.4, -0.2) is 34.8 Å². The molecular formula is C15H14N2O4S. The van der Waals surface area contributed by atoms with Crippen molar-refractivity contribution in [1.29, 1.82) is 0 Å². The van der Waals surface area contributed by atoms with Gasteiger partial charge in [-0.2, -0.15) is 0 Å². The smallest absolute Gasteiger partial charge is 0.338 e. The van der Waals surface area contributed by atoms with Crippen molar-refractivity contribution in [2.75, 3.05) is 18.2 Å². The number of aromatic nitrogens is 1. The van der Waals surface area contributed by atoms with Crippen molar-refractivity contribution in [3.8, 4) is 5.75 Å². The van der Waals surface area contributed by atoms with Crippen LogP contribution in [0.3, 0.4) is 0 Å². The molecule has 7 heteroatoms. The van der Waals surface area contributed by atoms with Gasteiger partial charge in [0.1, 0.15) is 10.8 Å². The van der Waals surface area contributed by atoms with Crippen molar-refractivity contribution < 1.29 is 19.4 Å². The number of amides is 1. The molecule has 0 aliphatic rings. The van der Waals surface area contributed by atoms with Crippen LogP contribution in [0.4, 0.5) is 5.69 Å². The molecule has 0 bridgehead atoms. The fourth-order valence-electron chi connectivity index (χ4n) is 1.67. The summed E-state index contributed by atoms with van der Waals surface area (Å²) < 4.78 is 5.03. The first-order valence-electron chi connectivity index (χ1n) is 6.35. The quantitative estimate of drug-likeness (QED) is 0.796. The second-order valence-corrected chi connectivity index (χ2v) is 5.19. The van der Waals surface area contributed by atoms with Gasteiger partial charge in [-0.05, 0) is 36.4 Å². The Bertz CT molecular complexity index is 673. The van der Waals surface area contributed by atoms with E-state index in [0.29, 0.717) is 16.5 Å². The third-order valence-corrected chi connectivity index (χ3v) is 3.72. The average molecular weight is 318 g/mol. The van der Waals surface area contributed by atoms with Crippen LogP contribution in [0.5, 0.6) is 5.75 Å². The summed E-state index contributed by atoms with van der Waals surface area (Å²) in [7, 11) is 1.57. The molecule has 0 unspecified atom stereocenters. The molecule has 0 spiro atoms. The number of hydrogen-bond donors (Lipinski definition) is 2. The van der Waals surface area contributed by atoms with Gasteiger partial charge in [0, 0.05) is 11.9 Å². The van der Waals surface area contributed by atoms with Crippen molar-refractivity contribution in [3.63, 3.8) is 0 Å². The molecule has 2 N–H and O–H groups in total. The number of anilines is 1. The van der Waals surface area contributed by atoms with Crippen LogP contribution in [0, 0.1) is 0 Å². The van der Waals surface area contributed by atoms with Gasteiger partial charge in [-0.25, -0.2) is 9.78 Å². The molecule has 2 aromatic rings. The van der Waals surface area contributed by atoms with Crippen molar-refractivity contribution >= 4 is 29.3 Å². The van der Waals surface area contributed by atoms with Crippen molar-refractivity contribution in [3.05, 3.63) is 48.2 Å². The average Bonchev–Trinajstić information content (AvgIpc) is 2.54. The normalized spacial score (nSPS) is 10.0. The first-order valence-corrected chi connectivity index (χ1v) is 7.33. The first-order chi connectivity index (χ1) is 10.6. The Morgan fingerprint density at radius 2 is 2.00 bits per heavy atom. The molecule has 0 saturated heterocycles. The van der Waals surface area contributed by atoms with E-state index in [9.17, 15) is 9.59 Å². The zero-order valence-electron chi connectivity index (χ0n) is 11.8. The maximum atomic E-state index is 11.9. The molecule has 0 saturated carbocycles. The zero-order valence-corrected chi connectivity index (χ0v) is 12.6. The van der Waals surface area contributed by atoms with E-state index in [4.69, 9.17) is 9.84 Å². The largest absolute Gasteiger partial charge is 0.497 e. The molecule has 0 atom stereocenters. The predicted octanol–water partition coefficient (Wildman–Crippen LogP) is 2.52. The number of methoxy groups -OCH3 is 1. The van der Waals surface area contributed by atoms with E-state index in [2.05, 4.69) is 10.3 Å². The Hall–Kier alpha value is -2.54. The Kier molecular flexibility index (Phi) is 5.37. The SMILES string of the molecule is COc1ccc(NC(=O)CSc2ncccc2C(=O)O)cc1. The second kappa shape index (κ2) is 7.46. The molecule has 0 aliphatic heterocycles. The van der Waals surface area contributed by atoms with Gasteiger partial charge in [-0.15, -0.1) is 0 Å². The van der Waals surface area contributed by atoms with E-state index in [1.165, 1.54) is 12.3 Å². The highest BCUT2D eigenvalue weighted by atomic mass is 32.2. The number of nitrogens with zero attached hydrogens (tertiary/aromatic N) is 1. The van der Waals surface area contributed by atoms with Gasteiger partial charge >= 0.3 is 5.97 Å². The highest BCUT2D eigenvalue weighted by Crippen LogP contribution is 2.21. The number of hydrogen-bond acceptors (Lipinski definition) is 5. The van der Waals surface area contributed by atoms with E-state index < -0.39 is 5.97 Å². The molecular weight excluding hydrogens is 304 g/mol. The van der Waals surface area contributed by atoms with Gasteiger partial charge in [0.05, 0.1) is 18.4 Å². The summed E-state index contributed by atoms with van der Waals surface area (Å²) in [5.74, 6) is -0.529. The molecule has 1 aromatic heterocycles. The van der Waals surface area contributed by atoms with E-state index in [0.717, 1.165) is 11.8 Å². The van der Waals surface area contributed by atoms with E-state index in [1.807, 2.05) is 0 Å². The van der Waals surface area contributed by atoms with E-state index in [-0.39, 0.29) is 17.2 Å². The summed E-state index contributed by atoms with van der Waals surface area (Å²) >= 11 is 1.08. The topological polar surface area (TPSA) is 88.5 Å². The highest BCUT2D eigenvalue weighted by molar-refractivity contribution is 8.00. The molecule has 22 heavy (non-hydrogen) atoms. The van der Waals surface area contributed by atoms with Crippen LogP contribution in [0.2, 0.25) is 0 Å². The molecule has 114 valence electrons. The fraction of sp³-hybridized carbons (Fsp3) is 0.133. The number of nitrogens with one attached hydrogen (secondary N) is 1. The molecule has 6 nitrogen and oxygen atoms in total. The Morgan fingerprint density at radius 1 is 1.27 bits per heavy atom. The number of carbonyl (C=O) groups is 2. The van der Waals surface area contributed by atoms with Crippen LogP contribution in [0.25, 0.3) is 0 Å². The van der Waals surface area contributed by atoms with E-state index in [1.54, 1.807) is 37.4 Å². The third-order valence-electron chi connectivity index (χ3n) is 2.72. The molecule has 2 rings (SSSR count). The summed E-state index contributed by atoms with van der Waals surface area (Å²) in [6.45, 7) is 0. The van der Waals surface area contributed by atoms with Gasteiger partial charge in [-0.3, -0.25) is 4.79 Å². The first kappa shape index (κ1) is 15.8. The predicted molar refractivity (Wildman–Crippen MR) is 83.5 cm³/mol. The number of carboxylic acids is 1. The minimum Gasteiger partial charge on any atom is -0.497 e. The van der Waals surface area contributed by atoms with Crippen LogP contribution >= 0.6 is 11.8 Å². The van der Waals surface area contributed by atoms with Crippen LogP contribution in [0.15, 0.2) is 47.6 Å². The maximum absolute atomic E-state index is 11.9. The summed E-state index contributed by atoms with van der Waals surface area (Å²) in [5.41, 5.74) is 0.732. The molecule has 0 aliphatic carbocycles. The lowest BCUT2D eigenvalue weighted by molar-refractivity contribution is -0.113. The van der Waals surface area contributed by atoms with Crippen LogP contribution in [-0.2, 0) is 4.79 Å². The fourth-order valence-corrected chi connectivity index (χ4v) is 2.46. The van der Waals surface area contributed by atoms with Gasteiger partial charge < -0.3 is 15.2 Å². The number of carboxylic acid groups (broad SMARTS) is 1. The lowest BCUT2D eigenvalue weighted by Crippen LogP contribution is -2.14. The standard InChI is InChI=1S/C15H14N2O4S/c1-21-11-6-4-10(5-7-11)17-13(18)9-22-14-12(15(19)20)3-2-8-16-14/h2-8H,9H2,1H3,(H,17,18)(H,19,20). The molecule has 1 heterocycles. The molecule has 0 fully saturated rings. The maximum Gasteiger partial charge on any atom is 0.338 e. The Morgan fingerprint density at radius 3 is 2.64 bits per heavy atom. The third kappa shape index (κ3) is 4.23. The Balaban J connectivity index is 1.94. The number of rotatable bonds is 6. The molecule has 1 amide bonds. The Labute approximate surface area is 131 Å². The molecule has 1 aromatic carbocycles. The second-order valence-electron chi connectivity index (χ2n) is 4.23. The number of ether oxygens (including phenoxy) is 1. The van der Waals surface area contributed by atoms with Gasteiger partial charge in [-0.1, -0.05) is 11.8 Å². The zero-order chi connectivity index (χ0) is 15.9. The summed E-state index contributed by atoms with van der Waals surface area (Å²) in [6.07, 6.45) is 1.50. The van der Waals surface area contributed by atoms with Crippen LogP contribution in [0.1, 0.15) is 10.4 Å². The van der Waals surface area contributed by atoms with E-state index >= 15 is 0 Å². The number of benzene rings is 1. The lowest BCUT2D eigenvalue weighted by atomic mass is 10.3. The number of aromatic carboxylic acids is 1. The van der Waals surface area contributed by atoms with Gasteiger partial charge in [0.25, 0.3) is 0 Å².